The van der Waals surface area contributed by atoms with Crippen LogP contribution in [0.1, 0.15) is 38.3 Å². The van der Waals surface area contributed by atoms with E-state index in [1.54, 1.807) is 0 Å². The molecule has 1 aliphatic heterocycles. The van der Waals surface area contributed by atoms with Crippen LogP contribution in [0.15, 0.2) is 22.7 Å². The van der Waals surface area contributed by atoms with Gasteiger partial charge in [-0.1, -0.05) is 33.6 Å². The average molecular weight is 332 g/mol. The van der Waals surface area contributed by atoms with Crippen LogP contribution in [0.2, 0.25) is 5.02 Å². The highest BCUT2D eigenvalue weighted by molar-refractivity contribution is 9.10. The van der Waals surface area contributed by atoms with Gasteiger partial charge >= 0.3 is 0 Å². The Morgan fingerprint density at radius 2 is 2.22 bits per heavy atom. The van der Waals surface area contributed by atoms with Crippen molar-refractivity contribution in [2.75, 3.05) is 13.1 Å². The summed E-state index contributed by atoms with van der Waals surface area (Å²) in [5.74, 6) is 0. The topological polar surface area (TPSA) is 29.3 Å². The molecule has 1 heterocycles. The summed E-state index contributed by atoms with van der Waals surface area (Å²) in [6, 6.07) is 6.27. The molecule has 0 saturated carbocycles. The third kappa shape index (κ3) is 2.74. The third-order valence-corrected chi connectivity index (χ3v) is 4.71. The normalized spacial score (nSPS) is 21.2. The largest absolute Gasteiger partial charge is 0.329 e. The molecule has 18 heavy (non-hydrogen) atoms. The van der Waals surface area contributed by atoms with Crippen molar-refractivity contribution in [3.8, 4) is 0 Å². The summed E-state index contributed by atoms with van der Waals surface area (Å²) in [5, 5.41) is 0.794. The molecule has 1 aromatic carbocycles. The minimum atomic E-state index is 0.209. The zero-order valence-corrected chi connectivity index (χ0v) is 13.3. The van der Waals surface area contributed by atoms with Crippen molar-refractivity contribution in [1.29, 1.82) is 0 Å². The van der Waals surface area contributed by atoms with Gasteiger partial charge in [0.1, 0.15) is 0 Å². The first-order valence-corrected chi connectivity index (χ1v) is 7.54. The second-order valence-electron chi connectivity index (χ2n) is 5.53. The molecule has 0 bridgehead atoms. The van der Waals surface area contributed by atoms with E-state index in [-0.39, 0.29) is 11.6 Å². The van der Waals surface area contributed by atoms with E-state index in [2.05, 4.69) is 40.7 Å². The number of benzene rings is 1. The van der Waals surface area contributed by atoms with Crippen molar-refractivity contribution in [3.63, 3.8) is 0 Å². The summed E-state index contributed by atoms with van der Waals surface area (Å²) in [7, 11) is 0. The minimum absolute atomic E-state index is 0.209. The maximum absolute atomic E-state index is 6.36. The summed E-state index contributed by atoms with van der Waals surface area (Å²) in [5.41, 5.74) is 7.35. The number of hydrogen-bond acceptors (Lipinski definition) is 2. The van der Waals surface area contributed by atoms with E-state index in [0.717, 1.165) is 21.6 Å². The molecule has 1 aliphatic rings. The quantitative estimate of drug-likeness (QED) is 0.908. The lowest BCUT2D eigenvalue weighted by atomic mass is 9.97. The van der Waals surface area contributed by atoms with Crippen LogP contribution in [0.25, 0.3) is 0 Å². The predicted octanol–water partition coefficient (Wildman–Crippen LogP) is 3.98. The van der Waals surface area contributed by atoms with Gasteiger partial charge in [0.2, 0.25) is 0 Å². The standard InChI is InChI=1S/C14H20BrClN2/c1-14(2)6-3-7-18(14)13(9-17)11-5-4-10(15)8-12(11)16/h4-5,8,13H,3,6-7,9,17H2,1-2H3. The van der Waals surface area contributed by atoms with Crippen molar-refractivity contribution in [2.45, 2.75) is 38.3 Å². The molecule has 0 aliphatic carbocycles. The van der Waals surface area contributed by atoms with Crippen LogP contribution in [0.5, 0.6) is 0 Å². The van der Waals surface area contributed by atoms with Crippen LogP contribution in [0, 0.1) is 0 Å². The van der Waals surface area contributed by atoms with Crippen LogP contribution in [0.4, 0.5) is 0 Å². The summed E-state index contributed by atoms with van der Waals surface area (Å²) in [4.78, 5) is 2.49. The van der Waals surface area contributed by atoms with Gasteiger partial charge in [-0.2, -0.15) is 0 Å². The van der Waals surface area contributed by atoms with E-state index in [4.69, 9.17) is 17.3 Å². The average Bonchev–Trinajstić information content (AvgIpc) is 2.63. The molecule has 4 heteroatoms. The fraction of sp³-hybridized carbons (Fsp3) is 0.571. The van der Waals surface area contributed by atoms with E-state index in [0.29, 0.717) is 6.54 Å². The van der Waals surface area contributed by atoms with Gasteiger partial charge in [-0.05, 0) is 50.9 Å². The zero-order valence-electron chi connectivity index (χ0n) is 10.9. The highest BCUT2D eigenvalue weighted by Gasteiger charge is 2.37. The second kappa shape index (κ2) is 5.49. The Bertz CT molecular complexity index is 434. The first-order valence-electron chi connectivity index (χ1n) is 6.37. The SMILES string of the molecule is CC1(C)CCCN1C(CN)c1ccc(Br)cc1Cl. The monoisotopic (exact) mass is 330 g/mol. The van der Waals surface area contributed by atoms with Gasteiger partial charge in [0.25, 0.3) is 0 Å². The van der Waals surface area contributed by atoms with Crippen molar-refractivity contribution >= 4 is 27.5 Å². The van der Waals surface area contributed by atoms with Crippen LogP contribution >= 0.6 is 27.5 Å². The number of hydrogen-bond donors (Lipinski definition) is 1. The molecule has 1 unspecified atom stereocenters. The van der Waals surface area contributed by atoms with E-state index >= 15 is 0 Å². The Hall–Kier alpha value is -0.0900. The Morgan fingerprint density at radius 3 is 2.72 bits per heavy atom. The Kier molecular flexibility index (Phi) is 4.37. The summed E-state index contributed by atoms with van der Waals surface area (Å²) >= 11 is 9.81. The van der Waals surface area contributed by atoms with E-state index in [1.165, 1.54) is 12.8 Å². The Morgan fingerprint density at radius 1 is 1.50 bits per heavy atom. The van der Waals surface area contributed by atoms with E-state index in [1.807, 2.05) is 12.1 Å². The first-order chi connectivity index (χ1) is 8.45. The molecule has 0 amide bonds. The molecule has 2 nitrogen and oxygen atoms in total. The van der Waals surface area contributed by atoms with Crippen LogP contribution < -0.4 is 5.73 Å². The van der Waals surface area contributed by atoms with Crippen molar-refractivity contribution < 1.29 is 0 Å². The van der Waals surface area contributed by atoms with Crippen LogP contribution in [0.3, 0.4) is 0 Å². The van der Waals surface area contributed by atoms with Gasteiger partial charge in [0.05, 0.1) is 0 Å². The van der Waals surface area contributed by atoms with Crippen LogP contribution in [-0.4, -0.2) is 23.5 Å². The molecule has 1 fully saturated rings. The lowest BCUT2D eigenvalue weighted by Crippen LogP contribution is -2.43. The summed E-state index contributed by atoms with van der Waals surface area (Å²) < 4.78 is 1.01. The van der Waals surface area contributed by atoms with Crippen molar-refractivity contribution in [2.24, 2.45) is 5.73 Å². The van der Waals surface area contributed by atoms with Gasteiger partial charge in [-0.3, -0.25) is 4.90 Å². The smallest absolute Gasteiger partial charge is 0.0490 e. The zero-order chi connectivity index (χ0) is 13.3. The summed E-state index contributed by atoms with van der Waals surface area (Å²) in [6.07, 6.45) is 2.45. The number of nitrogens with two attached hydrogens (primary N) is 1. The van der Waals surface area contributed by atoms with E-state index in [9.17, 15) is 0 Å². The summed E-state index contributed by atoms with van der Waals surface area (Å²) in [6.45, 7) is 6.27. The number of nitrogens with zero attached hydrogens (tertiary/aromatic N) is 1. The van der Waals surface area contributed by atoms with Gasteiger partial charge in [-0.25, -0.2) is 0 Å². The molecule has 0 radical (unpaired) electrons. The fourth-order valence-electron chi connectivity index (χ4n) is 2.90. The lowest BCUT2D eigenvalue weighted by molar-refractivity contribution is 0.119. The highest BCUT2D eigenvalue weighted by atomic mass is 79.9. The fourth-order valence-corrected chi connectivity index (χ4v) is 3.70. The number of halogens is 2. The van der Waals surface area contributed by atoms with Gasteiger partial charge in [0, 0.05) is 27.6 Å². The molecule has 1 atom stereocenters. The Balaban J connectivity index is 2.33. The van der Waals surface area contributed by atoms with Gasteiger partial charge in [0.15, 0.2) is 0 Å². The molecule has 2 rings (SSSR count). The number of rotatable bonds is 3. The first kappa shape index (κ1) is 14.3. The second-order valence-corrected chi connectivity index (χ2v) is 6.85. The van der Waals surface area contributed by atoms with Gasteiger partial charge < -0.3 is 5.73 Å². The predicted molar refractivity (Wildman–Crippen MR) is 81.0 cm³/mol. The van der Waals surface area contributed by atoms with Crippen LogP contribution in [-0.2, 0) is 0 Å². The Labute approximate surface area is 123 Å². The van der Waals surface area contributed by atoms with E-state index < -0.39 is 0 Å². The molecule has 1 aromatic rings. The maximum atomic E-state index is 6.36. The minimum Gasteiger partial charge on any atom is -0.329 e. The molecule has 0 spiro atoms. The van der Waals surface area contributed by atoms with Crippen molar-refractivity contribution in [1.82, 2.24) is 4.90 Å². The molecular formula is C14H20BrClN2. The molecule has 1 saturated heterocycles. The van der Waals surface area contributed by atoms with Gasteiger partial charge in [-0.15, -0.1) is 0 Å². The highest BCUT2D eigenvalue weighted by Crippen LogP contribution is 2.38. The van der Waals surface area contributed by atoms with Crippen molar-refractivity contribution in [3.05, 3.63) is 33.3 Å². The lowest BCUT2D eigenvalue weighted by Gasteiger charge is -2.38. The molecular weight excluding hydrogens is 312 g/mol. The molecule has 2 N–H and O–H groups in total. The number of likely N-dealkylation sites (tertiary alicyclic amines) is 1. The molecule has 0 aromatic heterocycles. The maximum Gasteiger partial charge on any atom is 0.0490 e. The molecule has 100 valence electrons. The third-order valence-electron chi connectivity index (χ3n) is 3.89.